The van der Waals surface area contributed by atoms with E-state index in [1.807, 2.05) is 0 Å². The van der Waals surface area contributed by atoms with Gasteiger partial charge in [-0.05, 0) is 44.0 Å². The van der Waals surface area contributed by atoms with E-state index in [1.165, 1.54) is 17.4 Å². The molecule has 1 aromatic carbocycles. The molecule has 0 saturated carbocycles. The quantitative estimate of drug-likeness (QED) is 0.718. The first-order valence-corrected chi connectivity index (χ1v) is 5.49. The molecule has 0 N–H and O–H groups in total. The van der Waals surface area contributed by atoms with E-state index < -0.39 is 0 Å². The van der Waals surface area contributed by atoms with Crippen molar-refractivity contribution in [3.05, 3.63) is 26.3 Å². The van der Waals surface area contributed by atoms with Gasteiger partial charge < -0.3 is 0 Å². The van der Waals surface area contributed by atoms with E-state index >= 15 is 0 Å². The third-order valence-corrected chi connectivity index (χ3v) is 3.58. The molecule has 2 rings (SSSR count). The molecule has 0 saturated heterocycles. The molecule has 0 unspecified atom stereocenters. The van der Waals surface area contributed by atoms with Crippen molar-refractivity contribution >= 4 is 53.4 Å². The van der Waals surface area contributed by atoms with Crippen molar-refractivity contribution in [2.45, 2.75) is 0 Å². The summed E-state index contributed by atoms with van der Waals surface area (Å²) < 4.78 is 15.2. The van der Waals surface area contributed by atoms with E-state index in [0.717, 1.165) is 4.47 Å². The predicted molar refractivity (Wildman–Crippen MR) is 55.0 cm³/mol. The monoisotopic (exact) mass is 309 g/mol. The number of benzene rings is 1. The average Bonchev–Trinajstić information content (AvgIpc) is 2.41. The summed E-state index contributed by atoms with van der Waals surface area (Å²) in [6.07, 6.45) is 0. The van der Waals surface area contributed by atoms with E-state index in [1.54, 1.807) is 6.07 Å². The van der Waals surface area contributed by atoms with Gasteiger partial charge in [-0.2, -0.15) is 0 Å². The van der Waals surface area contributed by atoms with Crippen molar-refractivity contribution in [1.82, 2.24) is 4.98 Å². The van der Waals surface area contributed by atoms with Crippen LogP contribution < -0.4 is 0 Å². The molecule has 0 aliphatic carbocycles. The molecule has 0 radical (unpaired) electrons. The van der Waals surface area contributed by atoms with Crippen molar-refractivity contribution in [3.8, 4) is 0 Å². The van der Waals surface area contributed by atoms with Crippen LogP contribution in [-0.4, -0.2) is 4.98 Å². The van der Waals surface area contributed by atoms with E-state index in [9.17, 15) is 4.39 Å². The fourth-order valence-corrected chi connectivity index (χ4v) is 2.86. The molecule has 62 valence electrons. The van der Waals surface area contributed by atoms with Crippen LogP contribution >= 0.6 is 43.2 Å². The molecule has 0 fully saturated rings. The van der Waals surface area contributed by atoms with Gasteiger partial charge in [0.1, 0.15) is 5.82 Å². The smallest absolute Gasteiger partial charge is 0.160 e. The minimum atomic E-state index is -0.226. The first kappa shape index (κ1) is 8.59. The first-order chi connectivity index (χ1) is 5.68. The number of halogens is 3. The molecular formula is C7H2Br2FNS. The SMILES string of the molecule is Fc1ccc(Br)c2nc(Br)sc12. The lowest BCUT2D eigenvalue weighted by Gasteiger charge is -1.91. The topological polar surface area (TPSA) is 12.9 Å². The summed E-state index contributed by atoms with van der Waals surface area (Å²) in [4.78, 5) is 4.12. The number of thiazole rings is 1. The molecule has 5 heteroatoms. The Kier molecular flexibility index (Phi) is 2.18. The van der Waals surface area contributed by atoms with E-state index in [0.29, 0.717) is 14.1 Å². The summed E-state index contributed by atoms with van der Waals surface area (Å²) in [5.41, 5.74) is 0.673. The zero-order valence-electron chi connectivity index (χ0n) is 5.64. The Bertz CT molecular complexity index is 401. The van der Waals surface area contributed by atoms with E-state index in [-0.39, 0.29) is 5.82 Å². The number of hydrogen-bond acceptors (Lipinski definition) is 2. The predicted octanol–water partition coefficient (Wildman–Crippen LogP) is 3.96. The lowest BCUT2D eigenvalue weighted by Crippen LogP contribution is -1.75. The minimum Gasteiger partial charge on any atom is -0.228 e. The van der Waals surface area contributed by atoms with Crippen LogP contribution in [-0.2, 0) is 0 Å². The lowest BCUT2D eigenvalue weighted by molar-refractivity contribution is 0.641. The largest absolute Gasteiger partial charge is 0.228 e. The molecule has 0 aliphatic rings. The van der Waals surface area contributed by atoms with Crippen LogP contribution in [0, 0.1) is 5.82 Å². The van der Waals surface area contributed by atoms with E-state index in [2.05, 4.69) is 36.8 Å². The molecule has 1 nitrogen and oxygen atoms in total. The molecule has 0 spiro atoms. The van der Waals surface area contributed by atoms with Gasteiger partial charge in [0.25, 0.3) is 0 Å². The number of nitrogens with zero attached hydrogens (tertiary/aromatic N) is 1. The maximum Gasteiger partial charge on any atom is 0.160 e. The highest BCUT2D eigenvalue weighted by Crippen LogP contribution is 2.32. The molecule has 2 aromatic rings. The third-order valence-electron chi connectivity index (χ3n) is 1.42. The van der Waals surface area contributed by atoms with Crippen LogP contribution in [0.5, 0.6) is 0 Å². The van der Waals surface area contributed by atoms with Gasteiger partial charge in [0.2, 0.25) is 0 Å². The van der Waals surface area contributed by atoms with Crippen molar-refractivity contribution in [2.24, 2.45) is 0 Å². The standard InChI is InChI=1S/C7H2Br2FNS/c8-3-1-2-4(10)6-5(3)11-7(9)12-6/h1-2H. The minimum absolute atomic E-state index is 0.226. The number of aromatic nitrogens is 1. The molecule has 12 heavy (non-hydrogen) atoms. The van der Waals surface area contributed by atoms with Gasteiger partial charge in [-0.1, -0.05) is 0 Å². The second-order valence-corrected chi connectivity index (χ2v) is 5.30. The number of rotatable bonds is 0. The van der Waals surface area contributed by atoms with Crippen molar-refractivity contribution in [1.29, 1.82) is 0 Å². The molecular weight excluding hydrogens is 309 g/mol. The second-order valence-electron chi connectivity index (χ2n) is 2.17. The van der Waals surface area contributed by atoms with Gasteiger partial charge in [0.05, 0.1) is 10.2 Å². The first-order valence-electron chi connectivity index (χ1n) is 3.08. The highest BCUT2D eigenvalue weighted by Gasteiger charge is 2.08. The zero-order chi connectivity index (χ0) is 8.72. The van der Waals surface area contributed by atoms with Crippen LogP contribution in [0.1, 0.15) is 0 Å². The Balaban J connectivity index is 2.93. The molecule has 1 heterocycles. The Hall–Kier alpha value is -0.0000000000000000833. The van der Waals surface area contributed by atoms with Crippen LogP contribution in [0.15, 0.2) is 20.5 Å². The number of hydrogen-bond donors (Lipinski definition) is 0. The fraction of sp³-hybridized carbons (Fsp3) is 0. The summed E-state index contributed by atoms with van der Waals surface area (Å²) >= 11 is 7.81. The third kappa shape index (κ3) is 1.30. The van der Waals surface area contributed by atoms with Crippen molar-refractivity contribution in [2.75, 3.05) is 0 Å². The lowest BCUT2D eigenvalue weighted by atomic mass is 10.3. The summed E-state index contributed by atoms with van der Waals surface area (Å²) in [5, 5.41) is 0. The van der Waals surface area contributed by atoms with E-state index in [4.69, 9.17) is 0 Å². The second kappa shape index (κ2) is 3.05. The summed E-state index contributed by atoms with van der Waals surface area (Å²) in [6, 6.07) is 3.08. The van der Waals surface area contributed by atoms with Gasteiger partial charge in [-0.25, -0.2) is 9.37 Å². The molecule has 1 aromatic heterocycles. The van der Waals surface area contributed by atoms with Gasteiger partial charge in [0, 0.05) is 4.47 Å². The Labute approximate surface area is 88.9 Å². The van der Waals surface area contributed by atoms with Crippen LogP contribution in [0.3, 0.4) is 0 Å². The van der Waals surface area contributed by atoms with Crippen LogP contribution in [0.25, 0.3) is 10.2 Å². The molecule has 0 atom stereocenters. The Morgan fingerprint density at radius 2 is 2.08 bits per heavy atom. The molecule has 0 amide bonds. The fourth-order valence-electron chi connectivity index (χ4n) is 0.919. The van der Waals surface area contributed by atoms with Gasteiger partial charge in [-0.3, -0.25) is 0 Å². The van der Waals surface area contributed by atoms with Gasteiger partial charge in [0.15, 0.2) is 3.92 Å². The van der Waals surface area contributed by atoms with Crippen LogP contribution in [0.2, 0.25) is 0 Å². The molecule has 0 bridgehead atoms. The van der Waals surface area contributed by atoms with Gasteiger partial charge >= 0.3 is 0 Å². The van der Waals surface area contributed by atoms with Crippen LogP contribution in [0.4, 0.5) is 4.39 Å². The maximum atomic E-state index is 13.1. The highest BCUT2D eigenvalue weighted by molar-refractivity contribution is 9.11. The molecule has 0 aliphatic heterocycles. The normalized spacial score (nSPS) is 10.9. The Morgan fingerprint density at radius 3 is 2.75 bits per heavy atom. The van der Waals surface area contributed by atoms with Crippen molar-refractivity contribution < 1.29 is 4.39 Å². The average molecular weight is 311 g/mol. The van der Waals surface area contributed by atoms with Gasteiger partial charge in [-0.15, -0.1) is 11.3 Å². The summed E-state index contributed by atoms with van der Waals surface area (Å²) in [7, 11) is 0. The summed E-state index contributed by atoms with van der Waals surface area (Å²) in [5.74, 6) is -0.226. The highest BCUT2D eigenvalue weighted by atomic mass is 79.9. The maximum absolute atomic E-state index is 13.1. The zero-order valence-corrected chi connectivity index (χ0v) is 9.63. The number of fused-ring (bicyclic) bond motifs is 1. The van der Waals surface area contributed by atoms with Crippen molar-refractivity contribution in [3.63, 3.8) is 0 Å². The Morgan fingerprint density at radius 1 is 1.33 bits per heavy atom. The summed E-state index contributed by atoms with van der Waals surface area (Å²) in [6.45, 7) is 0.